The molecule has 0 saturated carbocycles. The molecule has 0 fully saturated rings. The van der Waals surface area contributed by atoms with Crippen LogP contribution in [-0.2, 0) is 4.74 Å². The SMILES string of the molecule is N=C(COC(=O)c1ccccc1F)c1ccc(F)c(F)c1. The van der Waals surface area contributed by atoms with Crippen molar-refractivity contribution in [2.24, 2.45) is 0 Å². The van der Waals surface area contributed by atoms with Gasteiger partial charge in [0.1, 0.15) is 12.4 Å². The van der Waals surface area contributed by atoms with Gasteiger partial charge in [-0.1, -0.05) is 12.1 Å². The number of nitrogens with one attached hydrogen (secondary N) is 1. The number of carbonyl (C=O) groups excluding carboxylic acids is 1. The molecule has 0 bridgehead atoms. The molecule has 2 rings (SSSR count). The van der Waals surface area contributed by atoms with Crippen LogP contribution in [0.2, 0.25) is 0 Å². The van der Waals surface area contributed by atoms with Gasteiger partial charge in [0.05, 0.1) is 11.3 Å². The molecule has 0 radical (unpaired) electrons. The van der Waals surface area contributed by atoms with E-state index in [0.717, 1.165) is 18.2 Å². The number of rotatable bonds is 4. The van der Waals surface area contributed by atoms with E-state index in [-0.39, 0.29) is 16.8 Å². The molecule has 0 aromatic heterocycles. The van der Waals surface area contributed by atoms with Gasteiger partial charge in [-0.15, -0.1) is 0 Å². The largest absolute Gasteiger partial charge is 0.456 e. The van der Waals surface area contributed by atoms with Gasteiger partial charge in [-0.05, 0) is 30.3 Å². The molecule has 0 aliphatic heterocycles. The maximum atomic E-state index is 13.3. The molecular formula is C15H10F3NO2. The lowest BCUT2D eigenvalue weighted by Gasteiger charge is -2.07. The highest BCUT2D eigenvalue weighted by atomic mass is 19.2. The van der Waals surface area contributed by atoms with Crippen LogP contribution in [0.4, 0.5) is 13.2 Å². The lowest BCUT2D eigenvalue weighted by atomic mass is 10.1. The minimum Gasteiger partial charge on any atom is -0.456 e. The van der Waals surface area contributed by atoms with E-state index in [9.17, 15) is 18.0 Å². The van der Waals surface area contributed by atoms with Crippen LogP contribution in [0.25, 0.3) is 0 Å². The first kappa shape index (κ1) is 14.8. The van der Waals surface area contributed by atoms with E-state index >= 15 is 0 Å². The highest BCUT2D eigenvalue weighted by molar-refractivity contribution is 6.01. The number of hydrogen-bond donors (Lipinski definition) is 1. The van der Waals surface area contributed by atoms with Gasteiger partial charge in [0, 0.05) is 5.56 Å². The van der Waals surface area contributed by atoms with Crippen molar-refractivity contribution in [3.05, 3.63) is 71.0 Å². The molecule has 0 amide bonds. The van der Waals surface area contributed by atoms with Crippen LogP contribution in [0, 0.1) is 22.9 Å². The number of carbonyl (C=O) groups is 1. The van der Waals surface area contributed by atoms with E-state index in [4.69, 9.17) is 10.1 Å². The molecule has 0 spiro atoms. The Morgan fingerprint density at radius 3 is 2.38 bits per heavy atom. The van der Waals surface area contributed by atoms with Crippen molar-refractivity contribution >= 4 is 11.7 Å². The molecule has 6 heteroatoms. The Bertz CT molecular complexity index is 701. The van der Waals surface area contributed by atoms with Crippen molar-refractivity contribution in [1.82, 2.24) is 0 Å². The number of benzene rings is 2. The molecule has 1 N–H and O–H groups in total. The summed E-state index contributed by atoms with van der Waals surface area (Å²) in [5, 5.41) is 7.65. The van der Waals surface area contributed by atoms with Crippen LogP contribution < -0.4 is 0 Å². The van der Waals surface area contributed by atoms with Crippen molar-refractivity contribution in [1.29, 1.82) is 5.41 Å². The van der Waals surface area contributed by atoms with Gasteiger partial charge in [-0.2, -0.15) is 0 Å². The minimum absolute atomic E-state index is 0.0789. The molecule has 2 aromatic rings. The Morgan fingerprint density at radius 2 is 1.71 bits per heavy atom. The summed E-state index contributed by atoms with van der Waals surface area (Å²) in [6.07, 6.45) is 0. The first-order valence-electron chi connectivity index (χ1n) is 5.93. The molecule has 21 heavy (non-hydrogen) atoms. The van der Waals surface area contributed by atoms with E-state index in [1.807, 2.05) is 0 Å². The maximum Gasteiger partial charge on any atom is 0.341 e. The molecule has 0 unspecified atom stereocenters. The Balaban J connectivity index is 2.02. The molecule has 108 valence electrons. The van der Waals surface area contributed by atoms with Crippen LogP contribution in [0.5, 0.6) is 0 Å². The number of ether oxygens (including phenoxy) is 1. The second kappa shape index (κ2) is 6.21. The van der Waals surface area contributed by atoms with Crippen LogP contribution >= 0.6 is 0 Å². The third-order valence-corrected chi connectivity index (χ3v) is 2.71. The summed E-state index contributed by atoms with van der Waals surface area (Å²) >= 11 is 0. The fourth-order valence-corrected chi connectivity index (χ4v) is 1.61. The van der Waals surface area contributed by atoms with Gasteiger partial charge in [-0.3, -0.25) is 0 Å². The molecule has 0 atom stereocenters. The normalized spacial score (nSPS) is 10.2. The highest BCUT2D eigenvalue weighted by Gasteiger charge is 2.14. The second-order valence-electron chi connectivity index (χ2n) is 4.16. The van der Waals surface area contributed by atoms with Crippen LogP contribution in [0.3, 0.4) is 0 Å². The third-order valence-electron chi connectivity index (χ3n) is 2.71. The molecule has 2 aromatic carbocycles. The van der Waals surface area contributed by atoms with Gasteiger partial charge in [-0.25, -0.2) is 18.0 Å². The van der Waals surface area contributed by atoms with Crippen molar-refractivity contribution in [2.75, 3.05) is 6.61 Å². The summed E-state index contributed by atoms with van der Waals surface area (Å²) in [6.45, 7) is -0.474. The predicted octanol–water partition coefficient (Wildman–Crippen LogP) is 3.33. The van der Waals surface area contributed by atoms with Gasteiger partial charge >= 0.3 is 5.97 Å². The van der Waals surface area contributed by atoms with E-state index in [1.54, 1.807) is 0 Å². The van der Waals surface area contributed by atoms with E-state index in [0.29, 0.717) is 0 Å². The summed E-state index contributed by atoms with van der Waals surface area (Å²) in [4.78, 5) is 11.6. The topological polar surface area (TPSA) is 50.1 Å². The fourth-order valence-electron chi connectivity index (χ4n) is 1.61. The summed E-state index contributed by atoms with van der Waals surface area (Å²) in [6, 6.07) is 8.15. The lowest BCUT2D eigenvalue weighted by Crippen LogP contribution is -2.15. The Kier molecular flexibility index (Phi) is 4.37. The molecule has 3 nitrogen and oxygen atoms in total. The van der Waals surface area contributed by atoms with Crippen molar-refractivity contribution in [3.8, 4) is 0 Å². The molecule has 0 aliphatic carbocycles. The van der Waals surface area contributed by atoms with Crippen LogP contribution in [-0.4, -0.2) is 18.3 Å². The second-order valence-corrected chi connectivity index (χ2v) is 4.16. The Labute approximate surface area is 118 Å². The smallest absolute Gasteiger partial charge is 0.341 e. The summed E-state index contributed by atoms with van der Waals surface area (Å²) in [7, 11) is 0. The van der Waals surface area contributed by atoms with Crippen LogP contribution in [0.15, 0.2) is 42.5 Å². The molecule has 0 aliphatic rings. The minimum atomic E-state index is -1.10. The van der Waals surface area contributed by atoms with Gasteiger partial charge in [0.25, 0.3) is 0 Å². The number of halogens is 3. The van der Waals surface area contributed by atoms with E-state index < -0.39 is 30.0 Å². The van der Waals surface area contributed by atoms with Crippen LogP contribution in [0.1, 0.15) is 15.9 Å². The summed E-state index contributed by atoms with van der Waals surface area (Å²) in [5.74, 6) is -3.80. The lowest BCUT2D eigenvalue weighted by molar-refractivity contribution is 0.0558. The molecular weight excluding hydrogens is 283 g/mol. The fraction of sp³-hybridized carbons (Fsp3) is 0.0667. The summed E-state index contributed by atoms with van der Waals surface area (Å²) < 4.78 is 43.9. The van der Waals surface area contributed by atoms with E-state index in [2.05, 4.69) is 0 Å². The first-order chi connectivity index (χ1) is 9.99. The quantitative estimate of drug-likeness (QED) is 0.694. The van der Waals surface area contributed by atoms with Crippen molar-refractivity contribution in [2.45, 2.75) is 0 Å². The predicted molar refractivity (Wildman–Crippen MR) is 69.9 cm³/mol. The van der Waals surface area contributed by atoms with Crippen molar-refractivity contribution in [3.63, 3.8) is 0 Å². The zero-order chi connectivity index (χ0) is 15.4. The zero-order valence-corrected chi connectivity index (χ0v) is 10.7. The number of esters is 1. The number of hydrogen-bond acceptors (Lipinski definition) is 3. The third kappa shape index (κ3) is 3.47. The highest BCUT2D eigenvalue weighted by Crippen LogP contribution is 2.11. The van der Waals surface area contributed by atoms with Gasteiger partial charge in [0.2, 0.25) is 0 Å². The van der Waals surface area contributed by atoms with Gasteiger partial charge in [0.15, 0.2) is 11.6 Å². The van der Waals surface area contributed by atoms with Crippen molar-refractivity contribution < 1.29 is 22.7 Å². The van der Waals surface area contributed by atoms with E-state index in [1.165, 1.54) is 24.3 Å². The molecule has 0 saturated heterocycles. The summed E-state index contributed by atoms with van der Waals surface area (Å²) in [5.41, 5.74) is -0.399. The maximum absolute atomic E-state index is 13.3. The monoisotopic (exact) mass is 293 g/mol. The zero-order valence-electron chi connectivity index (χ0n) is 10.7. The Hall–Kier alpha value is -2.63. The standard InChI is InChI=1S/C15H10F3NO2/c16-11-4-2-1-3-10(11)15(20)21-8-14(19)9-5-6-12(17)13(18)7-9/h1-7,19H,8H2. The molecule has 0 heterocycles. The first-order valence-corrected chi connectivity index (χ1v) is 5.93. The average Bonchev–Trinajstić information content (AvgIpc) is 2.47. The van der Waals surface area contributed by atoms with Gasteiger partial charge < -0.3 is 10.1 Å². The average molecular weight is 293 g/mol. The Morgan fingerprint density at radius 1 is 1.00 bits per heavy atom.